The third-order valence-electron chi connectivity index (χ3n) is 5.75. The summed E-state index contributed by atoms with van der Waals surface area (Å²) in [6, 6.07) is 6.29. The highest BCUT2D eigenvalue weighted by molar-refractivity contribution is 5.46. The molecule has 3 nitrogen and oxygen atoms in total. The van der Waals surface area contributed by atoms with Gasteiger partial charge in [-0.1, -0.05) is 31.0 Å². The highest BCUT2D eigenvalue weighted by Crippen LogP contribution is 2.48. The van der Waals surface area contributed by atoms with E-state index in [9.17, 15) is 5.11 Å². The SMILES string of the molecule is OC(c1cccc2c1OCC2)C1(N2CCCC2)CCCC1. The van der Waals surface area contributed by atoms with E-state index in [2.05, 4.69) is 23.1 Å². The van der Waals surface area contributed by atoms with Crippen molar-refractivity contribution in [2.75, 3.05) is 19.7 Å². The number of fused-ring (bicyclic) bond motifs is 1. The molecule has 0 amide bonds. The smallest absolute Gasteiger partial charge is 0.128 e. The van der Waals surface area contributed by atoms with Crippen LogP contribution in [0, 0.1) is 0 Å². The van der Waals surface area contributed by atoms with Crippen LogP contribution in [-0.4, -0.2) is 35.2 Å². The molecule has 1 unspecified atom stereocenters. The number of benzene rings is 1. The lowest BCUT2D eigenvalue weighted by Gasteiger charge is -2.43. The molecule has 3 heteroatoms. The Morgan fingerprint density at radius 3 is 2.62 bits per heavy atom. The minimum Gasteiger partial charge on any atom is -0.493 e. The maximum atomic E-state index is 11.3. The fraction of sp³-hybridized carbons (Fsp3) is 0.667. The monoisotopic (exact) mass is 287 g/mol. The maximum absolute atomic E-state index is 11.3. The van der Waals surface area contributed by atoms with Crippen molar-refractivity contribution >= 4 is 0 Å². The van der Waals surface area contributed by atoms with Crippen molar-refractivity contribution in [2.45, 2.75) is 56.6 Å². The molecule has 2 aliphatic heterocycles. The lowest BCUT2D eigenvalue weighted by molar-refractivity contribution is -0.0206. The van der Waals surface area contributed by atoms with E-state index in [-0.39, 0.29) is 5.54 Å². The van der Waals surface area contributed by atoms with Gasteiger partial charge < -0.3 is 9.84 Å². The van der Waals surface area contributed by atoms with Crippen LogP contribution in [0.5, 0.6) is 5.75 Å². The average molecular weight is 287 g/mol. The Balaban J connectivity index is 1.71. The van der Waals surface area contributed by atoms with Gasteiger partial charge in [0.15, 0.2) is 0 Å². The van der Waals surface area contributed by atoms with Crippen molar-refractivity contribution in [3.63, 3.8) is 0 Å². The van der Waals surface area contributed by atoms with Gasteiger partial charge in [-0.15, -0.1) is 0 Å². The summed E-state index contributed by atoms with van der Waals surface area (Å²) in [5, 5.41) is 11.3. The number of hydrogen-bond acceptors (Lipinski definition) is 3. The molecule has 0 aromatic heterocycles. The molecule has 1 aromatic carbocycles. The first-order valence-corrected chi connectivity index (χ1v) is 8.49. The lowest BCUT2D eigenvalue weighted by Crippen LogP contribution is -2.49. The van der Waals surface area contributed by atoms with Crippen LogP contribution < -0.4 is 4.74 Å². The van der Waals surface area contributed by atoms with Crippen molar-refractivity contribution in [1.29, 1.82) is 0 Å². The highest BCUT2D eigenvalue weighted by Gasteiger charge is 2.47. The number of hydrogen-bond donors (Lipinski definition) is 1. The van der Waals surface area contributed by atoms with E-state index >= 15 is 0 Å². The highest BCUT2D eigenvalue weighted by atomic mass is 16.5. The summed E-state index contributed by atoms with van der Waals surface area (Å²) < 4.78 is 5.84. The number of aliphatic hydroxyl groups excluding tert-OH is 1. The van der Waals surface area contributed by atoms with Crippen LogP contribution in [0.25, 0.3) is 0 Å². The van der Waals surface area contributed by atoms with Gasteiger partial charge in [-0.2, -0.15) is 0 Å². The van der Waals surface area contributed by atoms with Crippen LogP contribution in [0.1, 0.15) is 55.8 Å². The number of rotatable bonds is 3. The number of likely N-dealkylation sites (tertiary alicyclic amines) is 1. The van der Waals surface area contributed by atoms with E-state index in [1.54, 1.807) is 0 Å². The van der Waals surface area contributed by atoms with Crippen molar-refractivity contribution < 1.29 is 9.84 Å². The summed E-state index contributed by atoms with van der Waals surface area (Å²) in [6.45, 7) is 3.05. The molecule has 1 N–H and O–H groups in total. The molecule has 0 radical (unpaired) electrons. The molecule has 0 spiro atoms. The predicted octanol–water partition coefficient (Wildman–Crippen LogP) is 3.06. The fourth-order valence-corrected chi connectivity index (χ4v) is 4.66. The Morgan fingerprint density at radius 2 is 1.86 bits per heavy atom. The molecule has 3 aliphatic rings. The van der Waals surface area contributed by atoms with Gasteiger partial charge in [0, 0.05) is 12.0 Å². The van der Waals surface area contributed by atoms with Crippen LogP contribution >= 0.6 is 0 Å². The van der Waals surface area contributed by atoms with Gasteiger partial charge >= 0.3 is 0 Å². The van der Waals surface area contributed by atoms with Crippen LogP contribution in [0.2, 0.25) is 0 Å². The van der Waals surface area contributed by atoms with Crippen LogP contribution in [0.15, 0.2) is 18.2 Å². The molecule has 114 valence electrons. The minimum atomic E-state index is -0.411. The van der Waals surface area contributed by atoms with Crippen molar-refractivity contribution in [3.8, 4) is 5.75 Å². The number of nitrogens with zero attached hydrogens (tertiary/aromatic N) is 1. The summed E-state index contributed by atoms with van der Waals surface area (Å²) in [6.07, 6.45) is 7.84. The van der Waals surface area contributed by atoms with Gasteiger partial charge in [0.05, 0.1) is 12.1 Å². The molecule has 1 saturated carbocycles. The fourth-order valence-electron chi connectivity index (χ4n) is 4.66. The average Bonchev–Trinajstić information content (AvgIpc) is 3.24. The summed E-state index contributed by atoms with van der Waals surface area (Å²) in [4.78, 5) is 2.57. The Labute approximate surface area is 126 Å². The summed E-state index contributed by atoms with van der Waals surface area (Å²) in [7, 11) is 0. The largest absolute Gasteiger partial charge is 0.493 e. The molecule has 21 heavy (non-hydrogen) atoms. The zero-order valence-electron chi connectivity index (χ0n) is 12.7. The van der Waals surface area contributed by atoms with E-state index in [4.69, 9.17) is 4.74 Å². The zero-order valence-corrected chi connectivity index (χ0v) is 12.7. The number of ether oxygens (including phenoxy) is 1. The Bertz CT molecular complexity index is 516. The van der Waals surface area contributed by atoms with Gasteiger partial charge in [-0.05, 0) is 44.3 Å². The second kappa shape index (κ2) is 5.29. The topological polar surface area (TPSA) is 32.7 Å². The van der Waals surface area contributed by atoms with E-state index < -0.39 is 6.10 Å². The molecule has 2 fully saturated rings. The maximum Gasteiger partial charge on any atom is 0.128 e. The first kappa shape index (κ1) is 13.6. The summed E-state index contributed by atoms with van der Waals surface area (Å²) in [5.74, 6) is 0.968. The van der Waals surface area contributed by atoms with Crippen LogP contribution in [-0.2, 0) is 6.42 Å². The van der Waals surface area contributed by atoms with E-state index in [0.29, 0.717) is 0 Å². The second-order valence-corrected chi connectivity index (χ2v) is 6.84. The molecular weight excluding hydrogens is 262 g/mol. The summed E-state index contributed by atoms with van der Waals surface area (Å²) in [5.41, 5.74) is 2.25. The molecular formula is C18H25NO2. The Kier molecular flexibility index (Phi) is 3.43. The molecule has 4 rings (SSSR count). The molecule has 1 aliphatic carbocycles. The first-order chi connectivity index (χ1) is 10.3. The van der Waals surface area contributed by atoms with Crippen LogP contribution in [0.3, 0.4) is 0 Å². The van der Waals surface area contributed by atoms with Crippen molar-refractivity contribution in [2.24, 2.45) is 0 Å². The van der Waals surface area contributed by atoms with E-state index in [0.717, 1.165) is 50.3 Å². The van der Waals surface area contributed by atoms with Crippen molar-refractivity contribution in [1.82, 2.24) is 4.90 Å². The number of para-hydroxylation sites is 1. The number of aliphatic hydroxyl groups is 1. The quantitative estimate of drug-likeness (QED) is 0.927. The Morgan fingerprint density at radius 1 is 1.10 bits per heavy atom. The molecule has 0 bridgehead atoms. The van der Waals surface area contributed by atoms with Gasteiger partial charge in [0.1, 0.15) is 11.9 Å². The summed E-state index contributed by atoms with van der Waals surface area (Å²) >= 11 is 0. The van der Waals surface area contributed by atoms with Gasteiger partial charge in [-0.25, -0.2) is 0 Å². The lowest BCUT2D eigenvalue weighted by atomic mass is 9.83. The third kappa shape index (κ3) is 2.09. The third-order valence-corrected chi connectivity index (χ3v) is 5.75. The molecule has 1 aromatic rings. The predicted molar refractivity (Wildman–Crippen MR) is 82.6 cm³/mol. The van der Waals surface area contributed by atoms with Gasteiger partial charge in [0.2, 0.25) is 0 Å². The van der Waals surface area contributed by atoms with Crippen LogP contribution in [0.4, 0.5) is 0 Å². The standard InChI is InChI=1S/C18H25NO2/c20-17(15-7-5-6-14-8-13-21-16(14)15)18(9-1-2-10-18)19-11-3-4-12-19/h5-7,17,20H,1-4,8-13H2. The molecule has 2 heterocycles. The van der Waals surface area contributed by atoms with E-state index in [1.807, 2.05) is 0 Å². The van der Waals surface area contributed by atoms with E-state index in [1.165, 1.54) is 31.2 Å². The van der Waals surface area contributed by atoms with Gasteiger partial charge in [-0.3, -0.25) is 4.90 Å². The Hall–Kier alpha value is -1.06. The first-order valence-electron chi connectivity index (χ1n) is 8.49. The second-order valence-electron chi connectivity index (χ2n) is 6.84. The molecule has 1 atom stereocenters. The normalized spacial score (nSPS) is 25.8. The molecule has 1 saturated heterocycles. The van der Waals surface area contributed by atoms with Gasteiger partial charge in [0.25, 0.3) is 0 Å². The van der Waals surface area contributed by atoms with Crippen molar-refractivity contribution in [3.05, 3.63) is 29.3 Å². The minimum absolute atomic E-state index is 0.0441. The zero-order chi connectivity index (χ0) is 14.3.